The molecular formula is C25H28N2O2S2. The van der Waals surface area contributed by atoms with Crippen LogP contribution in [-0.2, 0) is 8.87 Å². The van der Waals surface area contributed by atoms with Crippen molar-refractivity contribution >= 4 is 40.3 Å². The zero-order valence-corrected chi connectivity index (χ0v) is 19.1. The average molecular weight is 453 g/mol. The molecule has 0 aliphatic carbocycles. The second-order valence-corrected chi connectivity index (χ2v) is 11.3. The van der Waals surface area contributed by atoms with Crippen molar-refractivity contribution in [2.24, 2.45) is 5.92 Å². The number of carbonyl (C=O) groups is 1. The molecule has 3 aromatic rings. The number of nitrogens with zero attached hydrogens (tertiary/aromatic N) is 1. The lowest BCUT2D eigenvalue weighted by Crippen LogP contribution is -2.47. The summed E-state index contributed by atoms with van der Waals surface area (Å²) < 4.78 is -0.111. The molecule has 2 aliphatic rings. The predicted molar refractivity (Wildman–Crippen MR) is 130 cm³/mol. The first-order valence-corrected chi connectivity index (χ1v) is 13.0. The number of benzene rings is 2. The van der Waals surface area contributed by atoms with Crippen molar-refractivity contribution in [3.05, 3.63) is 71.9 Å². The Labute approximate surface area is 191 Å². The number of aliphatic hydroxyl groups is 1. The standard InChI is InChI=1S/C25H28N2O2S2/c28-17-22(18-7-2-1-3-8-18)27-12-11-20(16-24(27)29)25(30-13-6-14-31-25)23-15-19-9-4-5-10-21(19)26-23/h1-5,7-10,15,20,22,26,28H,6,11-14,16-17H2/t20-,22+/m1/s1. The fourth-order valence-electron chi connectivity index (χ4n) is 4.98. The van der Waals surface area contributed by atoms with E-state index in [0.29, 0.717) is 13.0 Å². The van der Waals surface area contributed by atoms with E-state index in [1.165, 1.54) is 17.5 Å². The van der Waals surface area contributed by atoms with E-state index >= 15 is 0 Å². The number of fused-ring (bicyclic) bond motifs is 1. The smallest absolute Gasteiger partial charge is 0.223 e. The summed E-state index contributed by atoms with van der Waals surface area (Å²) in [5.74, 6) is 2.68. The van der Waals surface area contributed by atoms with Crippen LogP contribution in [0.15, 0.2) is 60.7 Å². The number of amides is 1. The molecule has 5 rings (SSSR count). The Morgan fingerprint density at radius 2 is 1.84 bits per heavy atom. The van der Waals surface area contributed by atoms with Crippen molar-refractivity contribution in [3.8, 4) is 0 Å². The van der Waals surface area contributed by atoms with E-state index < -0.39 is 0 Å². The Morgan fingerprint density at radius 3 is 2.55 bits per heavy atom. The van der Waals surface area contributed by atoms with Crippen LogP contribution in [-0.4, -0.2) is 45.6 Å². The maximum atomic E-state index is 13.4. The number of aromatic amines is 1. The molecule has 2 N–H and O–H groups in total. The van der Waals surface area contributed by atoms with Gasteiger partial charge in [0.15, 0.2) is 0 Å². The molecule has 2 aliphatic heterocycles. The third-order valence-electron chi connectivity index (χ3n) is 6.56. The second-order valence-electron chi connectivity index (χ2n) is 8.37. The van der Waals surface area contributed by atoms with E-state index in [1.807, 2.05) is 58.8 Å². The van der Waals surface area contributed by atoms with Crippen LogP contribution < -0.4 is 0 Å². The van der Waals surface area contributed by atoms with Gasteiger partial charge in [0, 0.05) is 24.2 Å². The van der Waals surface area contributed by atoms with E-state index in [4.69, 9.17) is 0 Å². The lowest BCUT2D eigenvalue weighted by Gasteiger charge is -2.46. The molecule has 31 heavy (non-hydrogen) atoms. The normalized spacial score (nSPS) is 22.5. The minimum Gasteiger partial charge on any atom is -0.394 e. The number of carbonyl (C=O) groups excluding carboxylic acids is 1. The second kappa shape index (κ2) is 8.93. The van der Waals surface area contributed by atoms with Crippen LogP contribution in [0.2, 0.25) is 0 Å². The van der Waals surface area contributed by atoms with Gasteiger partial charge in [-0.3, -0.25) is 4.79 Å². The molecule has 0 radical (unpaired) electrons. The number of piperidine rings is 1. The molecule has 1 aromatic heterocycles. The molecule has 0 spiro atoms. The van der Waals surface area contributed by atoms with Crippen molar-refractivity contribution in [1.29, 1.82) is 0 Å². The molecule has 3 heterocycles. The molecule has 1 amide bonds. The molecule has 0 saturated carbocycles. The minimum absolute atomic E-state index is 0.0446. The first kappa shape index (κ1) is 21.0. The van der Waals surface area contributed by atoms with Crippen LogP contribution in [0.1, 0.15) is 36.6 Å². The maximum absolute atomic E-state index is 13.4. The van der Waals surface area contributed by atoms with Gasteiger partial charge in [0.05, 0.1) is 12.6 Å². The minimum atomic E-state index is -0.259. The lowest BCUT2D eigenvalue weighted by molar-refractivity contribution is -0.139. The highest BCUT2D eigenvalue weighted by atomic mass is 32.2. The summed E-state index contributed by atoms with van der Waals surface area (Å²) in [6, 6.07) is 20.4. The third-order valence-corrected chi connectivity index (χ3v) is 10.2. The highest BCUT2D eigenvalue weighted by molar-refractivity contribution is 8.18. The first-order valence-electron chi connectivity index (χ1n) is 11.0. The summed E-state index contributed by atoms with van der Waals surface area (Å²) in [4.78, 5) is 18.9. The van der Waals surface area contributed by atoms with Crippen molar-refractivity contribution in [3.63, 3.8) is 0 Å². The number of likely N-dealkylation sites (tertiary alicyclic amines) is 1. The number of hydrogen-bond acceptors (Lipinski definition) is 4. The number of rotatable bonds is 5. The van der Waals surface area contributed by atoms with Gasteiger partial charge in [-0.1, -0.05) is 48.5 Å². The molecule has 2 atom stereocenters. The zero-order valence-electron chi connectivity index (χ0n) is 17.5. The van der Waals surface area contributed by atoms with E-state index in [-0.39, 0.29) is 28.6 Å². The van der Waals surface area contributed by atoms with Crippen molar-refractivity contribution in [1.82, 2.24) is 9.88 Å². The molecular weight excluding hydrogens is 424 g/mol. The third kappa shape index (κ3) is 3.90. The number of thioether (sulfide) groups is 2. The van der Waals surface area contributed by atoms with Gasteiger partial charge in [-0.05, 0) is 53.3 Å². The van der Waals surface area contributed by atoms with E-state index in [9.17, 15) is 9.90 Å². The molecule has 6 heteroatoms. The van der Waals surface area contributed by atoms with Crippen LogP contribution in [0.3, 0.4) is 0 Å². The van der Waals surface area contributed by atoms with E-state index in [2.05, 4.69) is 35.3 Å². The highest BCUT2D eigenvalue weighted by Crippen LogP contribution is 2.58. The molecule has 2 fully saturated rings. The SMILES string of the molecule is O=C1C[C@H](C2(c3cc4ccccc4[nH]3)SCCCS2)CCN1[C@@H](CO)c1ccccc1. The molecule has 2 aromatic carbocycles. The highest BCUT2D eigenvalue weighted by Gasteiger charge is 2.47. The van der Waals surface area contributed by atoms with Gasteiger partial charge in [0.25, 0.3) is 0 Å². The topological polar surface area (TPSA) is 56.3 Å². The van der Waals surface area contributed by atoms with Crippen molar-refractivity contribution < 1.29 is 9.90 Å². The fourth-order valence-corrected chi connectivity index (χ4v) is 8.59. The Hall–Kier alpha value is -1.89. The zero-order chi connectivity index (χ0) is 21.3. The Morgan fingerprint density at radius 1 is 1.10 bits per heavy atom. The molecule has 162 valence electrons. The molecule has 4 nitrogen and oxygen atoms in total. The number of nitrogens with one attached hydrogen (secondary N) is 1. The van der Waals surface area contributed by atoms with Crippen LogP contribution in [0.25, 0.3) is 10.9 Å². The Bertz CT molecular complexity index is 1010. The summed E-state index contributed by atoms with van der Waals surface area (Å²) in [6.07, 6.45) is 2.69. The quantitative estimate of drug-likeness (QED) is 0.561. The molecule has 0 unspecified atom stereocenters. The van der Waals surface area contributed by atoms with Gasteiger partial charge in [0.1, 0.15) is 4.08 Å². The lowest BCUT2D eigenvalue weighted by atomic mass is 9.89. The number of aromatic nitrogens is 1. The van der Waals surface area contributed by atoms with Gasteiger partial charge in [-0.2, -0.15) is 0 Å². The van der Waals surface area contributed by atoms with Gasteiger partial charge < -0.3 is 15.0 Å². The molecule has 0 bridgehead atoms. The van der Waals surface area contributed by atoms with Crippen LogP contribution in [0.4, 0.5) is 0 Å². The van der Waals surface area contributed by atoms with Crippen LogP contribution >= 0.6 is 23.5 Å². The number of H-pyrrole nitrogens is 1. The summed E-state index contributed by atoms with van der Waals surface area (Å²) in [5.41, 5.74) is 3.41. The van der Waals surface area contributed by atoms with Gasteiger partial charge in [-0.15, -0.1) is 23.5 Å². The predicted octanol–water partition coefficient (Wildman–Crippen LogP) is 5.16. The number of hydrogen-bond donors (Lipinski definition) is 2. The Kier molecular flexibility index (Phi) is 6.04. The van der Waals surface area contributed by atoms with E-state index in [1.54, 1.807) is 0 Å². The summed E-state index contributed by atoms with van der Waals surface area (Å²) in [6.45, 7) is 0.643. The fraction of sp³-hybridized carbons (Fsp3) is 0.400. The van der Waals surface area contributed by atoms with Crippen molar-refractivity contribution in [2.45, 2.75) is 29.4 Å². The van der Waals surface area contributed by atoms with Crippen LogP contribution in [0.5, 0.6) is 0 Å². The largest absolute Gasteiger partial charge is 0.394 e. The number of aliphatic hydroxyl groups excluding tert-OH is 1. The first-order chi connectivity index (χ1) is 15.2. The van der Waals surface area contributed by atoms with Gasteiger partial charge in [0.2, 0.25) is 5.91 Å². The van der Waals surface area contributed by atoms with Crippen LogP contribution in [0, 0.1) is 5.92 Å². The maximum Gasteiger partial charge on any atom is 0.223 e. The monoisotopic (exact) mass is 452 g/mol. The van der Waals surface area contributed by atoms with Crippen molar-refractivity contribution in [2.75, 3.05) is 24.7 Å². The molecule has 2 saturated heterocycles. The summed E-state index contributed by atoms with van der Waals surface area (Å²) >= 11 is 4.02. The van der Waals surface area contributed by atoms with Gasteiger partial charge in [-0.25, -0.2) is 0 Å². The average Bonchev–Trinajstić information content (AvgIpc) is 3.27. The summed E-state index contributed by atoms with van der Waals surface area (Å²) in [5, 5.41) is 11.3. The summed E-state index contributed by atoms with van der Waals surface area (Å²) in [7, 11) is 0. The van der Waals surface area contributed by atoms with E-state index in [0.717, 1.165) is 29.0 Å². The van der Waals surface area contributed by atoms with Gasteiger partial charge >= 0.3 is 0 Å². The number of para-hydroxylation sites is 1. The Balaban J connectivity index is 1.43.